The van der Waals surface area contributed by atoms with Crippen molar-refractivity contribution in [3.05, 3.63) is 11.8 Å². The van der Waals surface area contributed by atoms with Gasteiger partial charge < -0.3 is 20.5 Å². The Morgan fingerprint density at radius 1 is 1.40 bits per heavy atom. The lowest BCUT2D eigenvalue weighted by Gasteiger charge is -2.22. The molecule has 1 aromatic heterocycles. The van der Waals surface area contributed by atoms with E-state index in [2.05, 4.69) is 37.3 Å². The molecule has 1 aliphatic rings. The van der Waals surface area contributed by atoms with Crippen molar-refractivity contribution in [1.29, 1.82) is 0 Å². The molecule has 0 aromatic carbocycles. The number of hydrogen-bond donors (Lipinski definition) is 3. The number of aliphatic imine (C=N–C) groups is 1. The van der Waals surface area contributed by atoms with Gasteiger partial charge in [0.15, 0.2) is 5.82 Å². The first-order chi connectivity index (χ1) is 14.4. The molecule has 3 N–H and O–H groups in total. The van der Waals surface area contributed by atoms with E-state index in [9.17, 15) is 18.7 Å². The maximum atomic E-state index is 12.6. The second-order valence-electron chi connectivity index (χ2n) is 7.53. The summed E-state index contributed by atoms with van der Waals surface area (Å²) in [6.45, 7) is 1.14. The number of hydrogen-bond acceptors (Lipinski definition) is 7. The van der Waals surface area contributed by atoms with Crippen molar-refractivity contribution < 1.29 is 23.4 Å². The Labute approximate surface area is 175 Å². The molecule has 0 bridgehead atoms. The number of anilines is 1. The van der Waals surface area contributed by atoms with Crippen LogP contribution >= 0.6 is 0 Å². The minimum atomic E-state index is -2.89. The first kappa shape index (κ1) is 24.1. The normalized spacial score (nSPS) is 20.5. The number of nitrogens with zero attached hydrogens (tertiary/aromatic N) is 3. The van der Waals surface area contributed by atoms with Crippen molar-refractivity contribution >= 4 is 23.9 Å². The number of rotatable bonds is 11. The third kappa shape index (κ3) is 8.27. The third-order valence-electron chi connectivity index (χ3n) is 4.83. The number of carbonyl (C=O) groups is 1. The average Bonchev–Trinajstić information content (AvgIpc) is 2.72. The molecule has 0 spiro atoms. The Hall–Kier alpha value is -2.20. The van der Waals surface area contributed by atoms with E-state index in [-0.39, 0.29) is 30.0 Å². The number of amides is 1. The predicted octanol–water partition coefficient (Wildman–Crippen LogP) is 3.30. The van der Waals surface area contributed by atoms with Crippen molar-refractivity contribution in [2.45, 2.75) is 71.1 Å². The highest BCUT2D eigenvalue weighted by Gasteiger charge is 2.20. The van der Waals surface area contributed by atoms with Crippen LogP contribution in [-0.4, -0.2) is 59.1 Å². The van der Waals surface area contributed by atoms with Crippen LogP contribution in [0.5, 0.6) is 0 Å². The molecule has 0 unspecified atom stereocenters. The minimum Gasteiger partial charge on any atom is -0.393 e. The van der Waals surface area contributed by atoms with Crippen LogP contribution in [0.3, 0.4) is 0 Å². The van der Waals surface area contributed by atoms with Crippen LogP contribution in [0.2, 0.25) is 0 Å². The number of unbranched alkanes of at least 4 members (excludes halogenated alkanes) is 1. The van der Waals surface area contributed by atoms with E-state index in [1.54, 1.807) is 13.1 Å². The molecule has 1 aromatic rings. The van der Waals surface area contributed by atoms with Crippen LogP contribution in [0, 0.1) is 5.92 Å². The first-order valence-corrected chi connectivity index (χ1v) is 10.4. The molecule has 1 amide bonds. The third-order valence-corrected chi connectivity index (χ3v) is 4.83. The molecule has 1 aliphatic carbocycles. The molecule has 1 fully saturated rings. The molecule has 8 nitrogen and oxygen atoms in total. The summed E-state index contributed by atoms with van der Waals surface area (Å²) >= 11 is 0. The van der Waals surface area contributed by atoms with Gasteiger partial charge in [-0.1, -0.05) is 13.3 Å². The monoisotopic (exact) mass is 427 g/mol. The summed E-state index contributed by atoms with van der Waals surface area (Å²) in [5, 5.41) is 15.4. The highest BCUT2D eigenvalue weighted by molar-refractivity contribution is 5.98. The second kappa shape index (κ2) is 12.5. The number of alkyl halides is 2. The maximum absolute atomic E-state index is 12.6. The predicted molar refractivity (Wildman–Crippen MR) is 110 cm³/mol. The zero-order valence-electron chi connectivity index (χ0n) is 17.5. The van der Waals surface area contributed by atoms with E-state index in [1.165, 1.54) is 6.20 Å². The van der Waals surface area contributed by atoms with Crippen molar-refractivity contribution in [1.82, 2.24) is 15.3 Å². The Morgan fingerprint density at radius 3 is 2.80 bits per heavy atom. The van der Waals surface area contributed by atoms with E-state index in [1.807, 2.05) is 0 Å². The summed E-state index contributed by atoms with van der Waals surface area (Å²) in [5.74, 6) is 0.288. The lowest BCUT2D eigenvalue weighted by atomic mass is 9.88. The molecule has 2 rings (SSSR count). The molecule has 0 radical (unpaired) electrons. The Morgan fingerprint density at radius 2 is 2.13 bits per heavy atom. The second-order valence-corrected chi connectivity index (χ2v) is 7.53. The Bertz CT molecular complexity index is 697. The van der Waals surface area contributed by atoms with Crippen molar-refractivity contribution in [2.24, 2.45) is 10.9 Å². The van der Waals surface area contributed by atoms with Crippen LogP contribution in [0.1, 0.15) is 62.7 Å². The zero-order chi connectivity index (χ0) is 21.9. The lowest BCUT2D eigenvalue weighted by Crippen LogP contribution is -2.36. The fourth-order valence-corrected chi connectivity index (χ4v) is 3.08. The molecule has 10 heteroatoms. The summed E-state index contributed by atoms with van der Waals surface area (Å²) in [4.78, 5) is 25.6. The molecule has 1 atom stereocenters. The summed E-state index contributed by atoms with van der Waals surface area (Å²) < 4.78 is 28.6. The molecule has 0 saturated heterocycles. The van der Waals surface area contributed by atoms with E-state index in [0.717, 1.165) is 38.5 Å². The summed E-state index contributed by atoms with van der Waals surface area (Å²) in [5.41, 5.74) is 0.159. The highest BCUT2D eigenvalue weighted by atomic mass is 19.3. The highest BCUT2D eigenvalue weighted by Crippen LogP contribution is 2.24. The van der Waals surface area contributed by atoms with Gasteiger partial charge in [0.05, 0.1) is 12.7 Å². The van der Waals surface area contributed by atoms with Crippen LogP contribution in [0.4, 0.5) is 20.5 Å². The van der Waals surface area contributed by atoms with Gasteiger partial charge in [-0.15, -0.1) is 0 Å². The van der Waals surface area contributed by atoms with Gasteiger partial charge in [-0.05, 0) is 44.9 Å². The van der Waals surface area contributed by atoms with Gasteiger partial charge in [0.1, 0.15) is 5.56 Å². The van der Waals surface area contributed by atoms with Gasteiger partial charge in [-0.25, -0.2) is 9.98 Å². The van der Waals surface area contributed by atoms with Gasteiger partial charge in [-0.3, -0.25) is 4.79 Å². The average molecular weight is 427 g/mol. The molecule has 168 valence electrons. The summed E-state index contributed by atoms with van der Waals surface area (Å²) in [6, 6.07) is -0.620. The van der Waals surface area contributed by atoms with Gasteiger partial charge in [0.2, 0.25) is 5.95 Å². The van der Waals surface area contributed by atoms with E-state index in [0.29, 0.717) is 12.5 Å². The van der Waals surface area contributed by atoms with E-state index in [4.69, 9.17) is 0 Å². The fraction of sp³-hybridized carbons (Fsp3) is 0.700. The van der Waals surface area contributed by atoms with Crippen molar-refractivity contribution in [2.75, 3.05) is 18.5 Å². The van der Waals surface area contributed by atoms with Gasteiger partial charge in [0.25, 0.3) is 5.91 Å². The van der Waals surface area contributed by atoms with Gasteiger partial charge in [-0.2, -0.15) is 13.8 Å². The lowest BCUT2D eigenvalue weighted by molar-refractivity contribution is -0.132. The number of ether oxygens (including phenoxy) is 1. The van der Waals surface area contributed by atoms with Gasteiger partial charge in [0, 0.05) is 25.0 Å². The maximum Gasteiger partial charge on any atom is 0.345 e. The van der Waals surface area contributed by atoms with Crippen LogP contribution in [0.25, 0.3) is 0 Å². The number of nitrogens with one attached hydrogen (secondary N) is 2. The standard InChI is InChI=1S/C20H31F2N5O3/c1-3-4-9-23-20-25-11-16(18(29)26-13(2)12-30-19(21)22)17(27-20)24-10-14-5-7-15(28)8-6-14/h10-11,13-15,19,28H,3-9,12H2,1-2H3,(H,26,29)(H,23,25,27)/b24-10-/t13-,14?,15?/m0/s1. The Balaban J connectivity index is 2.12. The summed E-state index contributed by atoms with van der Waals surface area (Å²) in [6.07, 6.45) is 7.95. The minimum absolute atomic E-state index is 0.159. The molecule has 30 heavy (non-hydrogen) atoms. The summed E-state index contributed by atoms with van der Waals surface area (Å²) in [7, 11) is 0. The number of carbonyl (C=O) groups excluding carboxylic acids is 1. The zero-order valence-corrected chi connectivity index (χ0v) is 17.5. The van der Waals surface area contributed by atoms with Gasteiger partial charge >= 0.3 is 6.61 Å². The fourth-order valence-electron chi connectivity index (χ4n) is 3.08. The topological polar surface area (TPSA) is 109 Å². The SMILES string of the molecule is CCCCNc1ncc(C(=O)N[C@@H](C)COC(F)F)c(/N=C\C2CCC(O)CC2)n1. The van der Waals surface area contributed by atoms with Crippen LogP contribution in [0.15, 0.2) is 11.2 Å². The number of halogens is 2. The Kier molecular flexibility index (Phi) is 10.0. The van der Waals surface area contributed by atoms with E-state index < -0.39 is 18.6 Å². The number of aliphatic hydroxyl groups excluding tert-OH is 1. The van der Waals surface area contributed by atoms with Crippen molar-refractivity contribution in [3.8, 4) is 0 Å². The largest absolute Gasteiger partial charge is 0.393 e. The number of aromatic nitrogens is 2. The smallest absolute Gasteiger partial charge is 0.345 e. The van der Waals surface area contributed by atoms with Crippen molar-refractivity contribution in [3.63, 3.8) is 0 Å². The van der Waals surface area contributed by atoms with Crippen LogP contribution in [-0.2, 0) is 4.74 Å². The molecular formula is C20H31F2N5O3. The molecular weight excluding hydrogens is 396 g/mol. The quantitative estimate of drug-likeness (QED) is 0.369. The first-order valence-electron chi connectivity index (χ1n) is 10.4. The molecule has 0 aliphatic heterocycles. The molecule has 1 saturated carbocycles. The molecule has 1 heterocycles. The number of aliphatic hydroxyl groups is 1. The van der Waals surface area contributed by atoms with Crippen LogP contribution < -0.4 is 10.6 Å². The van der Waals surface area contributed by atoms with E-state index >= 15 is 0 Å².